The van der Waals surface area contributed by atoms with Crippen molar-refractivity contribution in [2.24, 2.45) is 5.92 Å². The molecule has 2 N–H and O–H groups in total. The molecule has 1 fully saturated rings. The largest absolute Gasteiger partial charge is 0.352 e. The molecule has 112 valence electrons. The maximum absolute atomic E-state index is 11.9. The van der Waals surface area contributed by atoms with E-state index in [0.717, 1.165) is 30.5 Å². The molecule has 1 amide bonds. The second-order valence-corrected chi connectivity index (χ2v) is 6.15. The molecule has 1 atom stereocenters. The van der Waals surface area contributed by atoms with Crippen LogP contribution in [-0.4, -0.2) is 25.5 Å². The molecule has 1 aliphatic rings. The first kappa shape index (κ1) is 17.8. The minimum atomic E-state index is -0.0573. The fraction of sp³-hybridized carbons (Fsp3) is 0.500. The molecule has 3 nitrogen and oxygen atoms in total. The van der Waals surface area contributed by atoms with Gasteiger partial charge >= 0.3 is 0 Å². The van der Waals surface area contributed by atoms with E-state index in [9.17, 15) is 4.79 Å². The minimum Gasteiger partial charge on any atom is -0.352 e. The molecule has 1 aliphatic heterocycles. The lowest BCUT2D eigenvalue weighted by Crippen LogP contribution is -2.33. The second kappa shape index (κ2) is 8.88. The van der Waals surface area contributed by atoms with Crippen LogP contribution in [0.2, 0.25) is 5.02 Å². The van der Waals surface area contributed by atoms with Crippen molar-refractivity contribution in [3.8, 4) is 0 Å². The number of hydrogen-bond donors (Lipinski definition) is 2. The predicted octanol–water partition coefficient (Wildman–Crippen LogP) is 3.64. The zero-order valence-electron chi connectivity index (χ0n) is 11.1. The molecule has 1 unspecified atom stereocenters. The molecule has 0 aromatic heterocycles. The van der Waals surface area contributed by atoms with Crippen LogP contribution in [0.1, 0.15) is 29.6 Å². The lowest BCUT2D eigenvalue weighted by atomic mass is 9.96. The van der Waals surface area contributed by atoms with Crippen LogP contribution < -0.4 is 10.6 Å². The van der Waals surface area contributed by atoms with Crippen LogP contribution in [0, 0.1) is 5.92 Å². The van der Waals surface area contributed by atoms with E-state index < -0.39 is 0 Å². The molecule has 1 aromatic carbocycles. The van der Waals surface area contributed by atoms with E-state index in [1.165, 1.54) is 12.8 Å². The Morgan fingerprint density at radius 2 is 2.30 bits per heavy atom. The summed E-state index contributed by atoms with van der Waals surface area (Å²) in [6.07, 6.45) is 3.52. The van der Waals surface area contributed by atoms with E-state index in [2.05, 4.69) is 26.6 Å². The van der Waals surface area contributed by atoms with Crippen molar-refractivity contribution < 1.29 is 4.79 Å². The van der Waals surface area contributed by atoms with Crippen LogP contribution in [0.5, 0.6) is 0 Å². The molecule has 0 bridgehead atoms. The van der Waals surface area contributed by atoms with Crippen molar-refractivity contribution >= 4 is 45.8 Å². The topological polar surface area (TPSA) is 41.1 Å². The average molecular weight is 382 g/mol. The standard InChI is InChI=1S/C14H18BrClN2O.ClH/c15-12-4-3-11(8-13(12)16)14(19)18-7-5-10-2-1-6-17-9-10;/h3-4,8,10,17H,1-2,5-7,9H2,(H,18,19);1H. The highest BCUT2D eigenvalue weighted by Gasteiger charge is 2.13. The maximum atomic E-state index is 11.9. The van der Waals surface area contributed by atoms with E-state index >= 15 is 0 Å². The number of carbonyl (C=O) groups is 1. The normalized spacial score (nSPS) is 18.2. The average Bonchev–Trinajstić information content (AvgIpc) is 2.43. The molecule has 6 heteroatoms. The van der Waals surface area contributed by atoms with Crippen molar-refractivity contribution in [3.05, 3.63) is 33.3 Å². The number of hydrogen-bond acceptors (Lipinski definition) is 2. The third-order valence-corrected chi connectivity index (χ3v) is 4.65. The van der Waals surface area contributed by atoms with Crippen molar-refractivity contribution in [3.63, 3.8) is 0 Å². The first-order valence-corrected chi connectivity index (χ1v) is 7.78. The fourth-order valence-electron chi connectivity index (χ4n) is 2.30. The molecule has 20 heavy (non-hydrogen) atoms. The molecule has 0 saturated carbocycles. The lowest BCUT2D eigenvalue weighted by Gasteiger charge is -2.22. The van der Waals surface area contributed by atoms with Gasteiger partial charge in [-0.2, -0.15) is 0 Å². The van der Waals surface area contributed by atoms with Crippen LogP contribution in [-0.2, 0) is 0 Å². The summed E-state index contributed by atoms with van der Waals surface area (Å²) in [5, 5.41) is 6.89. The van der Waals surface area contributed by atoms with Gasteiger partial charge < -0.3 is 10.6 Å². The molecule has 0 radical (unpaired) electrons. The highest BCUT2D eigenvalue weighted by atomic mass is 79.9. The summed E-state index contributed by atoms with van der Waals surface area (Å²) in [5.41, 5.74) is 0.606. The van der Waals surface area contributed by atoms with Gasteiger partial charge in [-0.15, -0.1) is 12.4 Å². The summed E-state index contributed by atoms with van der Waals surface area (Å²) in [6.45, 7) is 2.92. The number of piperidine rings is 1. The number of benzene rings is 1. The molecule has 0 spiro atoms. The quantitative estimate of drug-likeness (QED) is 0.835. The smallest absolute Gasteiger partial charge is 0.251 e. The molecule has 1 saturated heterocycles. The highest BCUT2D eigenvalue weighted by molar-refractivity contribution is 9.10. The Morgan fingerprint density at radius 1 is 1.50 bits per heavy atom. The van der Waals surface area contributed by atoms with Crippen LogP contribution in [0.15, 0.2) is 22.7 Å². The molecule has 1 heterocycles. The molecular weight excluding hydrogens is 363 g/mol. The van der Waals surface area contributed by atoms with E-state index in [1.54, 1.807) is 18.2 Å². The summed E-state index contributed by atoms with van der Waals surface area (Å²) in [5.74, 6) is 0.626. The highest BCUT2D eigenvalue weighted by Crippen LogP contribution is 2.23. The molecule has 1 aromatic rings. The first-order valence-electron chi connectivity index (χ1n) is 6.61. The van der Waals surface area contributed by atoms with Crippen molar-refractivity contribution in [1.29, 1.82) is 0 Å². The Kier molecular flexibility index (Phi) is 7.88. The summed E-state index contributed by atoms with van der Waals surface area (Å²) in [4.78, 5) is 11.9. The van der Waals surface area contributed by atoms with E-state index in [4.69, 9.17) is 11.6 Å². The summed E-state index contributed by atoms with van der Waals surface area (Å²) in [7, 11) is 0. The first-order chi connectivity index (χ1) is 9.16. The molecular formula is C14H19BrCl2N2O. The fourth-order valence-corrected chi connectivity index (χ4v) is 2.73. The van der Waals surface area contributed by atoms with Gasteiger partial charge in [0, 0.05) is 16.6 Å². The van der Waals surface area contributed by atoms with E-state index in [-0.39, 0.29) is 18.3 Å². The third-order valence-electron chi connectivity index (χ3n) is 3.42. The van der Waals surface area contributed by atoms with Crippen LogP contribution in [0.4, 0.5) is 0 Å². The van der Waals surface area contributed by atoms with Gasteiger partial charge in [0.05, 0.1) is 5.02 Å². The van der Waals surface area contributed by atoms with Crippen molar-refractivity contribution in [2.45, 2.75) is 19.3 Å². The lowest BCUT2D eigenvalue weighted by molar-refractivity contribution is 0.0950. The van der Waals surface area contributed by atoms with Gasteiger partial charge in [-0.1, -0.05) is 11.6 Å². The van der Waals surface area contributed by atoms with Gasteiger partial charge in [0.25, 0.3) is 5.91 Å². The Morgan fingerprint density at radius 3 is 2.95 bits per heavy atom. The van der Waals surface area contributed by atoms with Crippen LogP contribution in [0.3, 0.4) is 0 Å². The van der Waals surface area contributed by atoms with Crippen molar-refractivity contribution in [2.75, 3.05) is 19.6 Å². The Hall–Kier alpha value is -0.290. The second-order valence-electron chi connectivity index (χ2n) is 4.89. The minimum absolute atomic E-state index is 0. The van der Waals surface area contributed by atoms with Gasteiger partial charge in [0.15, 0.2) is 0 Å². The number of rotatable bonds is 4. The Labute approximate surface area is 139 Å². The number of halogens is 3. The van der Waals surface area contributed by atoms with E-state index in [0.29, 0.717) is 16.5 Å². The zero-order valence-corrected chi connectivity index (χ0v) is 14.3. The zero-order chi connectivity index (χ0) is 13.7. The van der Waals surface area contributed by atoms with Gasteiger partial charge in [-0.25, -0.2) is 0 Å². The summed E-state index contributed by atoms with van der Waals surface area (Å²) >= 11 is 9.29. The van der Waals surface area contributed by atoms with Crippen LogP contribution in [0.25, 0.3) is 0 Å². The van der Waals surface area contributed by atoms with Gasteiger partial charge in [-0.05, 0) is 72.4 Å². The predicted molar refractivity (Wildman–Crippen MR) is 88.9 cm³/mol. The Bertz CT molecular complexity index is 451. The SMILES string of the molecule is Cl.O=C(NCCC1CCCNC1)c1ccc(Br)c(Cl)c1. The summed E-state index contributed by atoms with van der Waals surface area (Å²) < 4.78 is 0.805. The summed E-state index contributed by atoms with van der Waals surface area (Å²) in [6, 6.07) is 5.25. The van der Waals surface area contributed by atoms with Crippen molar-refractivity contribution in [1.82, 2.24) is 10.6 Å². The Balaban J connectivity index is 0.00000200. The number of amides is 1. The molecule has 2 rings (SSSR count). The third kappa shape index (κ3) is 5.24. The number of nitrogens with one attached hydrogen (secondary N) is 2. The van der Waals surface area contributed by atoms with Gasteiger partial charge in [-0.3, -0.25) is 4.79 Å². The van der Waals surface area contributed by atoms with Gasteiger partial charge in [0.1, 0.15) is 0 Å². The van der Waals surface area contributed by atoms with E-state index in [1.807, 2.05) is 0 Å². The number of carbonyl (C=O) groups excluding carboxylic acids is 1. The molecule has 0 aliphatic carbocycles. The van der Waals surface area contributed by atoms with Gasteiger partial charge in [0.2, 0.25) is 0 Å². The van der Waals surface area contributed by atoms with Crippen LogP contribution >= 0.6 is 39.9 Å². The maximum Gasteiger partial charge on any atom is 0.251 e. The monoisotopic (exact) mass is 380 g/mol.